The van der Waals surface area contributed by atoms with Gasteiger partial charge in [0.25, 0.3) is 0 Å². The highest BCUT2D eigenvalue weighted by molar-refractivity contribution is 5.89. The summed E-state index contributed by atoms with van der Waals surface area (Å²) in [6, 6.07) is -0.0911. The number of amides is 2. The molecule has 1 N–H and O–H groups in total. The highest BCUT2D eigenvalue weighted by Crippen LogP contribution is 2.39. The average molecular weight is 252 g/mol. The van der Waals surface area contributed by atoms with Crippen molar-refractivity contribution in [1.82, 2.24) is 10.2 Å². The summed E-state index contributed by atoms with van der Waals surface area (Å²) < 4.78 is 0. The third-order valence-corrected chi connectivity index (χ3v) is 4.44. The van der Waals surface area contributed by atoms with Gasteiger partial charge in [0.15, 0.2) is 0 Å². The van der Waals surface area contributed by atoms with Crippen molar-refractivity contribution in [1.29, 1.82) is 0 Å². The quantitative estimate of drug-likeness (QED) is 0.772. The lowest BCUT2D eigenvalue weighted by Gasteiger charge is -2.45. The van der Waals surface area contributed by atoms with Gasteiger partial charge < -0.3 is 10.2 Å². The van der Waals surface area contributed by atoms with Gasteiger partial charge in [0.1, 0.15) is 6.04 Å². The van der Waals surface area contributed by atoms with Crippen LogP contribution in [0.15, 0.2) is 0 Å². The summed E-state index contributed by atoms with van der Waals surface area (Å²) in [5.74, 6) is 0.0767. The zero-order valence-corrected chi connectivity index (χ0v) is 11.7. The SMILES string of the molecule is CC1NC(=O)CCN(C2CCCCC2(C)C)C1=O. The average Bonchev–Trinajstić information content (AvgIpc) is 2.40. The third-order valence-electron chi connectivity index (χ3n) is 4.44. The summed E-state index contributed by atoms with van der Waals surface area (Å²) in [5.41, 5.74) is 0.168. The number of nitrogens with one attached hydrogen (secondary N) is 1. The Morgan fingerprint density at radius 2 is 2.00 bits per heavy atom. The van der Waals surface area contributed by atoms with Crippen LogP contribution in [-0.4, -0.2) is 35.3 Å². The van der Waals surface area contributed by atoms with E-state index >= 15 is 0 Å². The summed E-state index contributed by atoms with van der Waals surface area (Å²) in [5, 5.41) is 2.76. The molecule has 4 heteroatoms. The highest BCUT2D eigenvalue weighted by Gasteiger charge is 2.40. The number of hydrogen-bond acceptors (Lipinski definition) is 2. The molecular weight excluding hydrogens is 228 g/mol. The van der Waals surface area contributed by atoms with Crippen molar-refractivity contribution in [3.63, 3.8) is 0 Å². The van der Waals surface area contributed by atoms with Gasteiger partial charge in [0.2, 0.25) is 11.8 Å². The normalized spacial score (nSPS) is 32.9. The van der Waals surface area contributed by atoms with Crippen molar-refractivity contribution >= 4 is 11.8 Å². The van der Waals surface area contributed by atoms with Gasteiger partial charge in [-0.1, -0.05) is 26.7 Å². The fourth-order valence-electron chi connectivity index (χ4n) is 3.32. The Bertz CT molecular complexity index is 352. The zero-order valence-electron chi connectivity index (χ0n) is 11.7. The monoisotopic (exact) mass is 252 g/mol. The maximum Gasteiger partial charge on any atom is 0.245 e. The van der Waals surface area contributed by atoms with E-state index in [-0.39, 0.29) is 29.3 Å². The molecule has 0 aromatic carbocycles. The van der Waals surface area contributed by atoms with E-state index in [9.17, 15) is 9.59 Å². The molecule has 102 valence electrons. The molecule has 1 heterocycles. The Balaban J connectivity index is 2.19. The van der Waals surface area contributed by atoms with Crippen molar-refractivity contribution in [3.8, 4) is 0 Å². The van der Waals surface area contributed by atoms with Crippen molar-refractivity contribution in [3.05, 3.63) is 0 Å². The molecule has 18 heavy (non-hydrogen) atoms. The molecule has 2 amide bonds. The van der Waals surface area contributed by atoms with Gasteiger partial charge in [-0.15, -0.1) is 0 Å². The summed E-state index contributed by atoms with van der Waals surface area (Å²) in [6.45, 7) is 6.85. The Kier molecular flexibility index (Phi) is 3.64. The second-order valence-corrected chi connectivity index (χ2v) is 6.32. The Morgan fingerprint density at radius 3 is 2.67 bits per heavy atom. The third kappa shape index (κ3) is 2.52. The summed E-state index contributed by atoms with van der Waals surface area (Å²) in [7, 11) is 0. The summed E-state index contributed by atoms with van der Waals surface area (Å²) in [4.78, 5) is 25.9. The highest BCUT2D eigenvalue weighted by atomic mass is 16.2. The minimum absolute atomic E-state index is 0.00744. The van der Waals surface area contributed by atoms with E-state index in [1.165, 1.54) is 12.8 Å². The molecule has 2 rings (SSSR count). The Morgan fingerprint density at radius 1 is 1.28 bits per heavy atom. The van der Waals surface area contributed by atoms with Crippen LogP contribution in [0, 0.1) is 5.41 Å². The lowest BCUT2D eigenvalue weighted by Crippen LogP contribution is -2.53. The van der Waals surface area contributed by atoms with Crippen LogP contribution in [0.25, 0.3) is 0 Å². The second-order valence-electron chi connectivity index (χ2n) is 6.32. The molecule has 2 aliphatic rings. The second kappa shape index (κ2) is 4.90. The first kappa shape index (κ1) is 13.4. The van der Waals surface area contributed by atoms with Gasteiger partial charge >= 0.3 is 0 Å². The molecule has 2 fully saturated rings. The maximum atomic E-state index is 12.4. The lowest BCUT2D eigenvalue weighted by atomic mass is 9.72. The maximum absolute atomic E-state index is 12.4. The summed E-state index contributed by atoms with van der Waals surface area (Å²) >= 11 is 0. The molecule has 1 saturated heterocycles. The molecule has 2 atom stereocenters. The number of carbonyl (C=O) groups excluding carboxylic acids is 2. The molecule has 1 aliphatic heterocycles. The zero-order chi connectivity index (χ0) is 13.3. The van der Waals surface area contributed by atoms with Gasteiger partial charge in [-0.05, 0) is 25.2 Å². The van der Waals surface area contributed by atoms with Crippen LogP contribution >= 0.6 is 0 Å². The van der Waals surface area contributed by atoms with Crippen LogP contribution < -0.4 is 5.32 Å². The van der Waals surface area contributed by atoms with Gasteiger partial charge in [-0.25, -0.2) is 0 Å². The molecule has 0 radical (unpaired) electrons. The van der Waals surface area contributed by atoms with Gasteiger partial charge in [0, 0.05) is 19.0 Å². The Hall–Kier alpha value is -1.06. The molecule has 4 nitrogen and oxygen atoms in total. The van der Waals surface area contributed by atoms with Crippen molar-refractivity contribution in [2.75, 3.05) is 6.54 Å². The fourth-order valence-corrected chi connectivity index (χ4v) is 3.32. The lowest BCUT2D eigenvalue weighted by molar-refractivity contribution is -0.138. The molecule has 0 spiro atoms. The van der Waals surface area contributed by atoms with Gasteiger partial charge in [-0.3, -0.25) is 9.59 Å². The molecule has 2 unspecified atom stereocenters. The van der Waals surface area contributed by atoms with E-state index in [1.54, 1.807) is 6.92 Å². The minimum atomic E-state index is -0.377. The van der Waals surface area contributed by atoms with Gasteiger partial charge in [-0.2, -0.15) is 0 Å². The van der Waals surface area contributed by atoms with Crippen molar-refractivity contribution < 1.29 is 9.59 Å². The van der Waals surface area contributed by atoms with Crippen LogP contribution in [0.4, 0.5) is 0 Å². The number of nitrogens with zero attached hydrogens (tertiary/aromatic N) is 1. The van der Waals surface area contributed by atoms with Crippen molar-refractivity contribution in [2.24, 2.45) is 5.41 Å². The molecule has 1 aliphatic carbocycles. The predicted octanol–water partition coefficient (Wildman–Crippen LogP) is 1.69. The van der Waals surface area contributed by atoms with E-state index in [0.717, 1.165) is 12.8 Å². The number of carbonyl (C=O) groups is 2. The first-order valence-electron chi connectivity index (χ1n) is 7.02. The van der Waals surface area contributed by atoms with Crippen LogP contribution in [0.2, 0.25) is 0 Å². The minimum Gasteiger partial charge on any atom is -0.345 e. The number of rotatable bonds is 1. The molecule has 0 aromatic heterocycles. The van der Waals surface area contributed by atoms with E-state index in [4.69, 9.17) is 0 Å². The molecular formula is C14H24N2O2. The van der Waals surface area contributed by atoms with Gasteiger partial charge in [0.05, 0.1) is 0 Å². The van der Waals surface area contributed by atoms with Crippen LogP contribution in [0.5, 0.6) is 0 Å². The first-order valence-corrected chi connectivity index (χ1v) is 7.02. The van der Waals surface area contributed by atoms with E-state index in [1.807, 2.05) is 4.90 Å². The molecule has 0 aromatic rings. The van der Waals surface area contributed by atoms with E-state index in [2.05, 4.69) is 19.2 Å². The Labute approximate surface area is 109 Å². The van der Waals surface area contributed by atoms with Crippen LogP contribution in [-0.2, 0) is 9.59 Å². The molecule has 1 saturated carbocycles. The summed E-state index contributed by atoms with van der Waals surface area (Å²) in [6.07, 6.45) is 5.10. The standard InChI is InChI=1S/C14H24N2O2/c1-10-13(18)16(9-7-12(17)15-10)11-6-4-5-8-14(11,2)3/h10-11H,4-9H2,1-3H3,(H,15,17). The fraction of sp³-hybridized carbons (Fsp3) is 0.857. The van der Waals surface area contributed by atoms with E-state index in [0.29, 0.717) is 13.0 Å². The smallest absolute Gasteiger partial charge is 0.245 e. The molecule has 0 bridgehead atoms. The number of hydrogen-bond donors (Lipinski definition) is 1. The largest absolute Gasteiger partial charge is 0.345 e. The predicted molar refractivity (Wildman–Crippen MR) is 70.0 cm³/mol. The first-order chi connectivity index (χ1) is 8.42. The van der Waals surface area contributed by atoms with Crippen LogP contribution in [0.1, 0.15) is 52.9 Å². The van der Waals surface area contributed by atoms with Crippen molar-refractivity contribution in [2.45, 2.75) is 65.0 Å². The topological polar surface area (TPSA) is 49.4 Å². The van der Waals surface area contributed by atoms with E-state index < -0.39 is 0 Å². The van der Waals surface area contributed by atoms with Crippen LogP contribution in [0.3, 0.4) is 0 Å².